The van der Waals surface area contributed by atoms with E-state index in [9.17, 15) is 18.2 Å². The summed E-state index contributed by atoms with van der Waals surface area (Å²) in [5, 5.41) is 12.7. The fourth-order valence-electron chi connectivity index (χ4n) is 3.75. The number of alkyl halides is 3. The summed E-state index contributed by atoms with van der Waals surface area (Å²) in [5.41, 5.74) is 0.692. The van der Waals surface area contributed by atoms with Crippen molar-refractivity contribution in [3.8, 4) is 0 Å². The zero-order chi connectivity index (χ0) is 19.9. The van der Waals surface area contributed by atoms with Gasteiger partial charge in [-0.2, -0.15) is 13.2 Å². The summed E-state index contributed by atoms with van der Waals surface area (Å²) >= 11 is 1.35. The molecule has 0 aliphatic carbocycles. The second-order valence-corrected chi connectivity index (χ2v) is 7.88. The predicted molar refractivity (Wildman–Crippen MR) is 106 cm³/mol. The largest absolute Gasteiger partial charge is 0.437 e. The van der Waals surface area contributed by atoms with Crippen molar-refractivity contribution < 1.29 is 18.2 Å². The van der Waals surface area contributed by atoms with Crippen molar-refractivity contribution in [3.05, 3.63) is 46.5 Å². The maximum Gasteiger partial charge on any atom is 0.431 e. The van der Waals surface area contributed by atoms with E-state index in [1.165, 1.54) is 22.0 Å². The summed E-state index contributed by atoms with van der Waals surface area (Å²) in [4.78, 5) is 8.19. The molecule has 0 atom stereocenters. The highest BCUT2D eigenvalue weighted by atomic mass is 32.1. The first-order chi connectivity index (χ1) is 13.3. The minimum atomic E-state index is -4.45. The highest BCUT2D eigenvalue weighted by Crippen LogP contribution is 2.38. The van der Waals surface area contributed by atoms with Crippen LogP contribution in [0.2, 0.25) is 6.82 Å². The molecule has 0 spiro atoms. The smallest absolute Gasteiger partial charge is 0.431 e. The van der Waals surface area contributed by atoms with Gasteiger partial charge in [0.05, 0.1) is 12.1 Å². The van der Waals surface area contributed by atoms with Crippen molar-refractivity contribution in [1.82, 2.24) is 14.4 Å². The Bertz CT molecular complexity index is 950. The van der Waals surface area contributed by atoms with Gasteiger partial charge in [-0.3, -0.25) is 0 Å². The Morgan fingerprint density at radius 1 is 1.21 bits per heavy atom. The SMILES string of the molecule is CB(O)N1CCN(c2cccc3c2cc(C(F)(F)F)n3Cc2nccs2)CC1. The molecule has 1 aliphatic heterocycles. The molecule has 1 N–H and O–H groups in total. The number of hydrogen-bond acceptors (Lipinski definition) is 5. The number of thiazole rings is 1. The zero-order valence-electron chi connectivity index (χ0n) is 15.4. The maximum atomic E-state index is 13.7. The highest BCUT2D eigenvalue weighted by molar-refractivity contribution is 7.09. The van der Waals surface area contributed by atoms with Crippen molar-refractivity contribution >= 4 is 35.0 Å². The van der Waals surface area contributed by atoms with E-state index < -0.39 is 18.9 Å². The van der Waals surface area contributed by atoms with Crippen LogP contribution in [0.15, 0.2) is 35.8 Å². The Morgan fingerprint density at radius 2 is 1.96 bits per heavy atom. The van der Waals surface area contributed by atoms with Crippen LogP contribution in [0, 0.1) is 0 Å². The molecule has 5 nitrogen and oxygen atoms in total. The molecule has 1 aromatic carbocycles. The number of fused-ring (bicyclic) bond motifs is 1. The maximum absolute atomic E-state index is 13.7. The van der Waals surface area contributed by atoms with Gasteiger partial charge in [0.25, 0.3) is 0 Å². The van der Waals surface area contributed by atoms with Gasteiger partial charge < -0.3 is 19.3 Å². The Labute approximate surface area is 165 Å². The molecule has 4 rings (SSSR count). The van der Waals surface area contributed by atoms with Gasteiger partial charge in [0.1, 0.15) is 10.7 Å². The third kappa shape index (κ3) is 3.64. The first-order valence-corrected chi connectivity index (χ1v) is 9.97. The Kier molecular flexibility index (Phi) is 5.11. The molecule has 0 amide bonds. The summed E-state index contributed by atoms with van der Waals surface area (Å²) in [6.45, 7) is 4.46. The average molecular weight is 408 g/mol. The topological polar surface area (TPSA) is 44.5 Å². The lowest BCUT2D eigenvalue weighted by atomic mass is 9.84. The van der Waals surface area contributed by atoms with Gasteiger partial charge in [-0.25, -0.2) is 4.98 Å². The van der Waals surface area contributed by atoms with Gasteiger partial charge in [0.2, 0.25) is 0 Å². The normalized spacial score (nSPS) is 16.1. The van der Waals surface area contributed by atoms with Crippen LogP contribution in [-0.4, -0.2) is 52.6 Å². The third-order valence-electron chi connectivity index (χ3n) is 5.17. The van der Waals surface area contributed by atoms with Crippen LogP contribution in [0.25, 0.3) is 10.9 Å². The summed E-state index contributed by atoms with van der Waals surface area (Å²) in [6.07, 6.45) is -2.84. The Hall–Kier alpha value is -2.04. The second-order valence-electron chi connectivity index (χ2n) is 6.90. The van der Waals surface area contributed by atoms with Crippen LogP contribution in [0.4, 0.5) is 18.9 Å². The predicted octanol–water partition coefficient (Wildman–Crippen LogP) is 3.40. The van der Waals surface area contributed by atoms with Crippen molar-refractivity contribution in [2.75, 3.05) is 31.1 Å². The molecule has 1 saturated heterocycles. The van der Waals surface area contributed by atoms with E-state index in [-0.39, 0.29) is 6.54 Å². The van der Waals surface area contributed by atoms with E-state index in [4.69, 9.17) is 0 Å². The summed E-state index contributed by atoms with van der Waals surface area (Å²) < 4.78 is 42.5. The number of nitrogens with zero attached hydrogens (tertiary/aromatic N) is 4. The van der Waals surface area contributed by atoms with Crippen LogP contribution in [0.5, 0.6) is 0 Å². The molecule has 10 heteroatoms. The van der Waals surface area contributed by atoms with Crippen LogP contribution >= 0.6 is 11.3 Å². The van der Waals surface area contributed by atoms with Gasteiger partial charge in [-0.15, -0.1) is 11.3 Å². The van der Waals surface area contributed by atoms with Gasteiger partial charge >= 0.3 is 13.2 Å². The molecule has 0 bridgehead atoms. The summed E-state index contributed by atoms with van der Waals surface area (Å²) in [6, 6.07) is 6.65. The molecule has 0 radical (unpaired) electrons. The lowest BCUT2D eigenvalue weighted by molar-refractivity contribution is -0.143. The summed E-state index contributed by atoms with van der Waals surface area (Å²) in [5.74, 6) is 0. The van der Waals surface area contributed by atoms with E-state index in [0.29, 0.717) is 42.1 Å². The number of anilines is 1. The minimum absolute atomic E-state index is 0.0925. The molecular weight excluding hydrogens is 388 g/mol. The van der Waals surface area contributed by atoms with Crippen molar-refractivity contribution in [3.63, 3.8) is 0 Å². The van der Waals surface area contributed by atoms with Crippen LogP contribution in [0.3, 0.4) is 0 Å². The zero-order valence-corrected chi connectivity index (χ0v) is 16.2. The molecule has 2 aromatic heterocycles. The van der Waals surface area contributed by atoms with E-state index in [0.717, 1.165) is 5.69 Å². The number of benzene rings is 1. The van der Waals surface area contributed by atoms with Gasteiger partial charge in [0, 0.05) is 48.8 Å². The molecule has 1 aliphatic rings. The first-order valence-electron chi connectivity index (χ1n) is 9.09. The molecule has 0 saturated carbocycles. The fourth-order valence-corrected chi connectivity index (χ4v) is 4.36. The molecule has 0 unspecified atom stereocenters. The molecular formula is C18H20BF3N4OS. The monoisotopic (exact) mass is 408 g/mol. The van der Waals surface area contributed by atoms with Crippen LogP contribution in [0.1, 0.15) is 10.7 Å². The molecule has 28 heavy (non-hydrogen) atoms. The standard InChI is InChI=1S/C18H20BF3N4OS/c1-19(27)25-8-6-24(7-9-25)14-3-2-4-15-13(14)11-16(18(20,21)22)26(15)12-17-23-5-10-28-17/h2-5,10-11,27H,6-9,12H2,1H3. The number of aromatic nitrogens is 2. The Balaban J connectivity index is 1.75. The minimum Gasteiger partial charge on any atom is -0.437 e. The number of rotatable bonds is 4. The fraction of sp³-hybridized carbons (Fsp3) is 0.389. The van der Waals surface area contributed by atoms with Crippen molar-refractivity contribution in [1.29, 1.82) is 0 Å². The van der Waals surface area contributed by atoms with E-state index in [1.54, 1.807) is 30.5 Å². The lowest BCUT2D eigenvalue weighted by Gasteiger charge is -2.37. The highest BCUT2D eigenvalue weighted by Gasteiger charge is 2.36. The first kappa shape index (κ1) is 19.3. The lowest BCUT2D eigenvalue weighted by Crippen LogP contribution is -2.51. The molecule has 3 heterocycles. The van der Waals surface area contributed by atoms with Crippen LogP contribution in [-0.2, 0) is 12.7 Å². The van der Waals surface area contributed by atoms with Crippen molar-refractivity contribution in [2.45, 2.75) is 19.5 Å². The quantitative estimate of drug-likeness (QED) is 0.673. The number of hydrogen-bond donors (Lipinski definition) is 1. The van der Waals surface area contributed by atoms with E-state index >= 15 is 0 Å². The Morgan fingerprint density at radius 3 is 2.57 bits per heavy atom. The van der Waals surface area contributed by atoms with Gasteiger partial charge in [-0.1, -0.05) is 6.07 Å². The third-order valence-corrected chi connectivity index (χ3v) is 5.94. The molecule has 1 fully saturated rings. The average Bonchev–Trinajstić information content (AvgIpc) is 3.30. The van der Waals surface area contributed by atoms with Crippen LogP contribution < -0.4 is 4.90 Å². The summed E-state index contributed by atoms with van der Waals surface area (Å²) in [7, 11) is -0.519. The molecule has 3 aromatic rings. The van der Waals surface area contributed by atoms with Gasteiger partial charge in [0.15, 0.2) is 0 Å². The van der Waals surface area contributed by atoms with E-state index in [2.05, 4.69) is 9.88 Å². The number of piperazine rings is 1. The molecule has 148 valence electrons. The van der Waals surface area contributed by atoms with E-state index in [1.807, 2.05) is 10.9 Å². The number of halogens is 3. The van der Waals surface area contributed by atoms with Crippen molar-refractivity contribution in [2.24, 2.45) is 0 Å². The second kappa shape index (κ2) is 7.42. The van der Waals surface area contributed by atoms with Gasteiger partial charge in [-0.05, 0) is 25.0 Å².